The molecule has 0 spiro atoms. The van der Waals surface area contributed by atoms with Crippen molar-refractivity contribution in [1.82, 2.24) is 5.32 Å². The normalized spacial score (nSPS) is 11.6. The molecule has 11 heteroatoms. The highest BCUT2D eigenvalue weighted by atomic mass is 32.2. The molecule has 0 bridgehead atoms. The minimum atomic E-state index is -3.96. The van der Waals surface area contributed by atoms with Crippen LogP contribution in [0.25, 0.3) is 22.3 Å². The second-order valence-electron chi connectivity index (χ2n) is 10.1. The van der Waals surface area contributed by atoms with E-state index in [0.29, 0.717) is 20.4 Å². The standard InChI is InChI=1S/C31H32N2O6S3/c1-31(2,3)39-30(34)33-28(32)26-18-27(29(40-5)41-26)42(35,36)23-13-9-12-21(16-23)22-14-15-25(38-19-37-4)24(17-22)20-10-7-6-8-11-20/h6-18H,19H2,1-5H3,(H2,32,33,34). The minimum Gasteiger partial charge on any atom is -0.467 e. The van der Waals surface area contributed by atoms with Gasteiger partial charge in [0.1, 0.15) is 17.2 Å². The number of methoxy groups -OCH3 is 1. The maximum absolute atomic E-state index is 13.9. The average Bonchev–Trinajstić information content (AvgIpc) is 3.41. The van der Waals surface area contributed by atoms with Crippen molar-refractivity contribution < 1.29 is 27.4 Å². The summed E-state index contributed by atoms with van der Waals surface area (Å²) < 4.78 is 44.4. The molecule has 0 unspecified atom stereocenters. The van der Waals surface area contributed by atoms with Crippen molar-refractivity contribution in [3.8, 4) is 28.0 Å². The number of nitrogens with one attached hydrogen (secondary N) is 2. The monoisotopic (exact) mass is 624 g/mol. The minimum absolute atomic E-state index is 0.0798. The number of thiophene rings is 1. The first kappa shape index (κ1) is 31.3. The number of carbonyl (C=O) groups excluding carboxylic acids is 1. The quantitative estimate of drug-likeness (QED) is 0.0859. The molecule has 0 radical (unpaired) electrons. The lowest BCUT2D eigenvalue weighted by Crippen LogP contribution is -2.36. The molecule has 0 fully saturated rings. The van der Waals surface area contributed by atoms with Gasteiger partial charge in [0.15, 0.2) is 6.79 Å². The highest BCUT2D eigenvalue weighted by Crippen LogP contribution is 2.39. The number of hydrogen-bond acceptors (Lipinski definition) is 9. The molecule has 42 heavy (non-hydrogen) atoms. The topological polar surface area (TPSA) is 115 Å². The van der Waals surface area contributed by atoms with Gasteiger partial charge in [0, 0.05) is 12.7 Å². The van der Waals surface area contributed by atoms with Crippen molar-refractivity contribution in [3.63, 3.8) is 0 Å². The number of amides is 1. The summed E-state index contributed by atoms with van der Waals surface area (Å²) in [5, 5.41) is 10.7. The second-order valence-corrected chi connectivity index (χ2v) is 14.2. The van der Waals surface area contributed by atoms with Crippen LogP contribution in [0, 0.1) is 5.41 Å². The highest BCUT2D eigenvalue weighted by Gasteiger charge is 2.27. The van der Waals surface area contributed by atoms with Crippen molar-refractivity contribution in [2.75, 3.05) is 20.2 Å². The van der Waals surface area contributed by atoms with Gasteiger partial charge in [0.25, 0.3) is 0 Å². The van der Waals surface area contributed by atoms with E-state index in [9.17, 15) is 13.2 Å². The van der Waals surface area contributed by atoms with Crippen LogP contribution in [0.4, 0.5) is 4.79 Å². The molecule has 1 aromatic heterocycles. The number of sulfone groups is 1. The van der Waals surface area contributed by atoms with Gasteiger partial charge in [-0.15, -0.1) is 23.1 Å². The summed E-state index contributed by atoms with van der Waals surface area (Å²) in [5.74, 6) is 0.414. The summed E-state index contributed by atoms with van der Waals surface area (Å²) >= 11 is 2.39. The van der Waals surface area contributed by atoms with Crippen LogP contribution in [0.1, 0.15) is 25.6 Å². The van der Waals surface area contributed by atoms with E-state index in [0.717, 1.165) is 28.0 Å². The second kappa shape index (κ2) is 13.1. The third-order valence-corrected chi connectivity index (χ3v) is 10.2. The van der Waals surface area contributed by atoms with Crippen molar-refractivity contribution in [3.05, 3.63) is 83.7 Å². The van der Waals surface area contributed by atoms with Gasteiger partial charge < -0.3 is 14.2 Å². The lowest BCUT2D eigenvalue weighted by molar-refractivity contribution is 0.0515. The lowest BCUT2D eigenvalue weighted by Gasteiger charge is -2.19. The van der Waals surface area contributed by atoms with Crippen LogP contribution in [0.5, 0.6) is 5.75 Å². The Kier molecular flexibility index (Phi) is 9.78. The van der Waals surface area contributed by atoms with Gasteiger partial charge in [-0.25, -0.2) is 13.2 Å². The van der Waals surface area contributed by atoms with Crippen molar-refractivity contribution >= 4 is 44.9 Å². The summed E-state index contributed by atoms with van der Waals surface area (Å²) in [7, 11) is -2.40. The fourth-order valence-electron chi connectivity index (χ4n) is 4.05. The van der Waals surface area contributed by atoms with Crippen molar-refractivity contribution in [1.29, 1.82) is 5.41 Å². The first-order chi connectivity index (χ1) is 19.9. The number of amidine groups is 1. The molecule has 0 saturated carbocycles. The van der Waals surface area contributed by atoms with Crippen molar-refractivity contribution in [2.24, 2.45) is 0 Å². The molecule has 1 amide bonds. The molecule has 0 aliphatic carbocycles. The molecular weight excluding hydrogens is 593 g/mol. The maximum atomic E-state index is 13.9. The van der Waals surface area contributed by atoms with E-state index < -0.39 is 21.5 Å². The fourth-order valence-corrected chi connectivity index (χ4v) is 7.99. The molecule has 8 nitrogen and oxygen atoms in total. The Morgan fingerprint density at radius 1 is 0.952 bits per heavy atom. The summed E-state index contributed by atoms with van der Waals surface area (Å²) in [6.45, 7) is 5.26. The number of benzene rings is 3. The first-order valence-electron chi connectivity index (χ1n) is 12.9. The Morgan fingerprint density at radius 3 is 2.31 bits per heavy atom. The van der Waals surface area contributed by atoms with Crippen LogP contribution in [0.15, 0.2) is 92.9 Å². The van der Waals surface area contributed by atoms with Crippen LogP contribution in [0.3, 0.4) is 0 Å². The molecule has 1 heterocycles. The molecule has 3 aromatic carbocycles. The van der Waals surface area contributed by atoms with E-state index in [4.69, 9.17) is 19.6 Å². The van der Waals surface area contributed by atoms with Crippen LogP contribution in [0.2, 0.25) is 0 Å². The number of ether oxygens (including phenoxy) is 3. The Labute approximate surface area is 254 Å². The third kappa shape index (κ3) is 7.40. The van der Waals surface area contributed by atoms with Gasteiger partial charge in [-0.05, 0) is 74.0 Å². The predicted octanol–water partition coefficient (Wildman–Crippen LogP) is 7.47. The summed E-state index contributed by atoms with van der Waals surface area (Å²) in [6, 6.07) is 23.6. The summed E-state index contributed by atoms with van der Waals surface area (Å²) in [6.07, 6.45) is 0.992. The summed E-state index contributed by atoms with van der Waals surface area (Å²) in [4.78, 5) is 12.7. The molecule has 0 atom stereocenters. The van der Waals surface area contributed by atoms with Crippen LogP contribution >= 0.6 is 23.1 Å². The highest BCUT2D eigenvalue weighted by molar-refractivity contribution is 8.01. The van der Waals surface area contributed by atoms with E-state index >= 15 is 0 Å². The van der Waals surface area contributed by atoms with E-state index in [1.807, 2.05) is 54.6 Å². The Bertz CT molecular complexity index is 1690. The smallest absolute Gasteiger partial charge is 0.413 e. The van der Waals surface area contributed by atoms with Crippen LogP contribution in [-0.2, 0) is 19.3 Å². The molecule has 0 aliphatic rings. The van der Waals surface area contributed by atoms with Gasteiger partial charge in [-0.3, -0.25) is 10.7 Å². The SMILES string of the molecule is COCOc1ccc(-c2cccc(S(=O)(=O)c3cc(C(=N)NC(=O)OC(C)(C)C)sc3SC)c2)cc1-c1ccccc1. The predicted molar refractivity (Wildman–Crippen MR) is 168 cm³/mol. The van der Waals surface area contributed by atoms with Gasteiger partial charge >= 0.3 is 6.09 Å². The van der Waals surface area contributed by atoms with E-state index in [1.54, 1.807) is 52.3 Å². The zero-order valence-corrected chi connectivity index (χ0v) is 26.3. The van der Waals surface area contributed by atoms with Gasteiger partial charge in [-0.2, -0.15) is 0 Å². The number of rotatable bonds is 9. The van der Waals surface area contributed by atoms with Gasteiger partial charge in [-0.1, -0.05) is 48.5 Å². The lowest BCUT2D eigenvalue weighted by atomic mass is 9.98. The van der Waals surface area contributed by atoms with E-state index in [-0.39, 0.29) is 22.4 Å². The number of alkyl carbamates (subject to hydrolysis) is 1. The van der Waals surface area contributed by atoms with E-state index in [1.165, 1.54) is 17.8 Å². The maximum Gasteiger partial charge on any atom is 0.413 e. The van der Waals surface area contributed by atoms with Crippen LogP contribution in [-0.4, -0.2) is 46.1 Å². The molecule has 2 N–H and O–H groups in total. The largest absolute Gasteiger partial charge is 0.467 e. The fraction of sp³-hybridized carbons (Fsp3) is 0.226. The Balaban J connectivity index is 1.68. The molecule has 4 aromatic rings. The molecule has 220 valence electrons. The van der Waals surface area contributed by atoms with Crippen molar-refractivity contribution in [2.45, 2.75) is 40.4 Å². The molecule has 0 aliphatic heterocycles. The van der Waals surface area contributed by atoms with Gasteiger partial charge in [0.2, 0.25) is 9.84 Å². The zero-order chi connectivity index (χ0) is 30.5. The number of carbonyl (C=O) groups is 1. The molecule has 0 saturated heterocycles. The molecule has 4 rings (SSSR count). The van der Waals surface area contributed by atoms with Crippen LogP contribution < -0.4 is 10.1 Å². The molecular formula is C31H32N2O6S3. The Morgan fingerprint density at radius 2 is 1.64 bits per heavy atom. The first-order valence-corrected chi connectivity index (χ1v) is 16.4. The zero-order valence-electron chi connectivity index (χ0n) is 23.9. The summed E-state index contributed by atoms with van der Waals surface area (Å²) in [5.41, 5.74) is 2.60. The Hall–Kier alpha value is -3.64. The van der Waals surface area contributed by atoms with Gasteiger partial charge in [0.05, 0.1) is 18.9 Å². The van der Waals surface area contributed by atoms with E-state index in [2.05, 4.69) is 5.32 Å². The third-order valence-electron chi connectivity index (χ3n) is 5.89. The average molecular weight is 625 g/mol. The number of thioether (sulfide) groups is 1. The number of hydrogen-bond donors (Lipinski definition) is 2.